The molecule has 0 radical (unpaired) electrons. The summed E-state index contributed by atoms with van der Waals surface area (Å²) < 4.78 is 16.3. The molecule has 0 saturated carbocycles. The van der Waals surface area contributed by atoms with E-state index in [0.29, 0.717) is 34.5 Å². The van der Waals surface area contributed by atoms with Crippen molar-refractivity contribution in [3.05, 3.63) is 40.5 Å². The fraction of sp³-hybridized carbons (Fsp3) is 0.350. The van der Waals surface area contributed by atoms with Gasteiger partial charge in [0, 0.05) is 25.9 Å². The van der Waals surface area contributed by atoms with Gasteiger partial charge in [0.1, 0.15) is 16.5 Å². The number of anilines is 1. The largest absolute Gasteiger partial charge is 0.493 e. The summed E-state index contributed by atoms with van der Waals surface area (Å²) in [6.07, 6.45) is 0.498. The van der Waals surface area contributed by atoms with Crippen molar-refractivity contribution >= 4 is 32.4 Å². The van der Waals surface area contributed by atoms with Gasteiger partial charge in [-0.05, 0) is 30.2 Å². The molecule has 0 unspecified atom stereocenters. The lowest BCUT2D eigenvalue weighted by Gasteiger charge is -2.16. The summed E-state index contributed by atoms with van der Waals surface area (Å²) in [7, 11) is 8.65. The molecule has 0 aliphatic carbocycles. The van der Waals surface area contributed by atoms with Crippen molar-refractivity contribution in [3.63, 3.8) is 0 Å². The quantitative estimate of drug-likeness (QED) is 0.579. The van der Waals surface area contributed by atoms with Crippen LogP contribution in [0.5, 0.6) is 17.2 Å². The first kappa shape index (κ1) is 19.7. The number of methoxy groups -OCH3 is 3. The second kappa shape index (κ2) is 7.90. The Morgan fingerprint density at radius 2 is 1.71 bits per heavy atom. The van der Waals surface area contributed by atoms with E-state index in [1.807, 2.05) is 38.1 Å². The van der Waals surface area contributed by atoms with E-state index in [2.05, 4.69) is 4.85 Å². The van der Waals surface area contributed by atoms with Crippen LogP contribution in [0, 0.1) is 13.5 Å². The molecule has 7 nitrogen and oxygen atoms in total. The molecule has 1 aromatic carbocycles. The maximum absolute atomic E-state index is 7.39. The molecule has 0 amide bonds. The van der Waals surface area contributed by atoms with E-state index in [1.165, 1.54) is 11.3 Å². The third-order valence-electron chi connectivity index (χ3n) is 4.40. The number of nitrogens with zero attached hydrogens (tertiary/aromatic N) is 4. The van der Waals surface area contributed by atoms with Crippen molar-refractivity contribution in [2.45, 2.75) is 13.3 Å². The number of aryl methyl sites for hydroxylation is 1. The Morgan fingerprint density at radius 1 is 1.07 bits per heavy atom. The number of fused-ring (bicyclic) bond motifs is 1. The number of hydrogen-bond acceptors (Lipinski definition) is 7. The number of hydrogen-bond donors (Lipinski definition) is 0. The molecule has 3 aromatic rings. The van der Waals surface area contributed by atoms with Gasteiger partial charge in [0.2, 0.25) is 10.8 Å². The normalized spacial score (nSPS) is 10.6. The maximum atomic E-state index is 7.39. The molecule has 146 valence electrons. The first-order chi connectivity index (χ1) is 13.4. The molecule has 3 rings (SSSR count). The second-order valence-corrected chi connectivity index (χ2v) is 7.37. The van der Waals surface area contributed by atoms with E-state index in [9.17, 15) is 0 Å². The molecule has 0 bridgehead atoms. The van der Waals surface area contributed by atoms with Gasteiger partial charge in [0.05, 0.1) is 27.9 Å². The topological polar surface area (TPSA) is 61.1 Å². The van der Waals surface area contributed by atoms with Crippen LogP contribution in [0.3, 0.4) is 0 Å². The van der Waals surface area contributed by atoms with Gasteiger partial charge >= 0.3 is 0 Å². The average molecular weight is 398 g/mol. The van der Waals surface area contributed by atoms with Crippen molar-refractivity contribution < 1.29 is 14.2 Å². The monoisotopic (exact) mass is 398 g/mol. The van der Waals surface area contributed by atoms with Crippen LogP contribution in [0.1, 0.15) is 17.0 Å². The van der Waals surface area contributed by atoms with Gasteiger partial charge in [-0.15, -0.1) is 11.3 Å². The van der Waals surface area contributed by atoms with Gasteiger partial charge in [-0.1, -0.05) is 0 Å². The molecule has 0 aliphatic heterocycles. The Morgan fingerprint density at radius 3 is 2.21 bits per heavy atom. The third-order valence-corrected chi connectivity index (χ3v) is 5.48. The van der Waals surface area contributed by atoms with E-state index in [4.69, 9.17) is 30.8 Å². The van der Waals surface area contributed by atoms with Crippen LogP contribution < -0.4 is 19.1 Å². The Balaban J connectivity index is 2.12. The van der Waals surface area contributed by atoms with Gasteiger partial charge < -0.3 is 19.1 Å². The summed E-state index contributed by atoms with van der Waals surface area (Å²) in [6.45, 7) is 9.34. The summed E-state index contributed by atoms with van der Waals surface area (Å²) in [5.41, 5.74) is 1.87. The fourth-order valence-electron chi connectivity index (χ4n) is 3.08. The zero-order valence-corrected chi connectivity index (χ0v) is 17.6. The van der Waals surface area contributed by atoms with E-state index in [-0.39, 0.29) is 0 Å². The number of ether oxygens (including phenoxy) is 3. The van der Waals surface area contributed by atoms with E-state index < -0.39 is 0 Å². The van der Waals surface area contributed by atoms with Crippen molar-refractivity contribution in [2.24, 2.45) is 0 Å². The second-order valence-electron chi connectivity index (χ2n) is 6.39. The number of rotatable bonds is 6. The number of thiophene rings is 1. The third kappa shape index (κ3) is 3.41. The molecular formula is C20H22N4O3S. The minimum Gasteiger partial charge on any atom is -0.493 e. The summed E-state index contributed by atoms with van der Waals surface area (Å²) >= 11 is 1.40. The van der Waals surface area contributed by atoms with Gasteiger partial charge in [0.15, 0.2) is 11.5 Å². The Bertz CT molecular complexity index is 1040. The summed E-state index contributed by atoms with van der Waals surface area (Å²) in [4.78, 5) is 15.9. The molecule has 0 fully saturated rings. The van der Waals surface area contributed by atoms with Crippen LogP contribution in [0.25, 0.3) is 15.1 Å². The molecule has 2 heterocycles. The van der Waals surface area contributed by atoms with E-state index in [0.717, 1.165) is 27.2 Å². The molecule has 0 aliphatic rings. The van der Waals surface area contributed by atoms with Crippen molar-refractivity contribution in [2.75, 3.05) is 40.3 Å². The molecule has 8 heteroatoms. The predicted octanol–water partition coefficient (Wildman–Crippen LogP) is 4.23. The minimum absolute atomic E-state index is 0.498. The maximum Gasteiger partial charge on any atom is 0.246 e. The Kier molecular flexibility index (Phi) is 5.56. The van der Waals surface area contributed by atoms with Crippen molar-refractivity contribution in [1.29, 1.82) is 0 Å². The SMILES string of the molecule is [C-]#[N+]c1sc2nc(Cc3cc(OC)c(OC)c(OC)c3)nc(N(C)C)c2c1C. The van der Waals surface area contributed by atoms with Crippen LogP contribution in [-0.4, -0.2) is 45.4 Å². The highest BCUT2D eigenvalue weighted by Crippen LogP contribution is 2.41. The van der Waals surface area contributed by atoms with Crippen LogP contribution in [0.2, 0.25) is 0 Å². The molecule has 28 heavy (non-hydrogen) atoms. The first-order valence-corrected chi connectivity index (χ1v) is 9.38. The van der Waals surface area contributed by atoms with Gasteiger partial charge in [-0.2, -0.15) is 0 Å². The Labute approximate surface area is 168 Å². The van der Waals surface area contributed by atoms with Crippen LogP contribution in [0.4, 0.5) is 10.8 Å². The highest BCUT2D eigenvalue weighted by atomic mass is 32.1. The highest BCUT2D eigenvalue weighted by molar-refractivity contribution is 7.22. The van der Waals surface area contributed by atoms with Crippen molar-refractivity contribution in [1.82, 2.24) is 9.97 Å². The van der Waals surface area contributed by atoms with Crippen LogP contribution in [0.15, 0.2) is 12.1 Å². The van der Waals surface area contributed by atoms with Gasteiger partial charge in [0.25, 0.3) is 0 Å². The zero-order chi connectivity index (χ0) is 20.4. The smallest absolute Gasteiger partial charge is 0.246 e. The zero-order valence-electron chi connectivity index (χ0n) is 16.8. The lowest BCUT2D eigenvalue weighted by Crippen LogP contribution is -2.13. The summed E-state index contributed by atoms with van der Waals surface area (Å²) in [5.74, 6) is 3.22. The average Bonchev–Trinajstić information content (AvgIpc) is 3.01. The molecule has 0 N–H and O–H groups in total. The molecule has 0 atom stereocenters. The standard InChI is InChI=1S/C20H22N4O3S/c1-11-16-18(24(3)4)22-15(23-20(16)28-19(11)21-2)10-12-8-13(25-5)17(27-7)14(9-12)26-6/h8-9H,10H2,1,3-7H3. The lowest BCUT2D eigenvalue weighted by atomic mass is 10.1. The number of aromatic nitrogens is 2. The van der Waals surface area contributed by atoms with Crippen LogP contribution in [-0.2, 0) is 6.42 Å². The predicted molar refractivity (Wildman–Crippen MR) is 112 cm³/mol. The molecular weight excluding hydrogens is 376 g/mol. The summed E-state index contributed by atoms with van der Waals surface area (Å²) in [5, 5.41) is 1.59. The van der Waals surface area contributed by atoms with E-state index >= 15 is 0 Å². The van der Waals surface area contributed by atoms with Crippen LogP contribution >= 0.6 is 11.3 Å². The van der Waals surface area contributed by atoms with Gasteiger partial charge in [-0.25, -0.2) is 14.8 Å². The van der Waals surface area contributed by atoms with Gasteiger partial charge in [-0.3, -0.25) is 0 Å². The molecule has 0 spiro atoms. The van der Waals surface area contributed by atoms with Crippen molar-refractivity contribution in [3.8, 4) is 17.2 Å². The summed E-state index contributed by atoms with van der Waals surface area (Å²) in [6, 6.07) is 3.79. The molecule has 2 aromatic heterocycles. The fourth-order valence-corrected chi connectivity index (χ4v) is 4.06. The lowest BCUT2D eigenvalue weighted by molar-refractivity contribution is 0.324. The molecule has 0 saturated heterocycles. The van der Waals surface area contributed by atoms with E-state index in [1.54, 1.807) is 21.3 Å². The highest BCUT2D eigenvalue weighted by Gasteiger charge is 2.19. The Hall–Kier alpha value is -3.05. The first-order valence-electron chi connectivity index (χ1n) is 8.57. The number of benzene rings is 1. The minimum atomic E-state index is 0.498.